The van der Waals surface area contributed by atoms with Gasteiger partial charge in [0.15, 0.2) is 0 Å². The van der Waals surface area contributed by atoms with Crippen molar-refractivity contribution in [1.82, 2.24) is 0 Å². The molecule has 0 aliphatic carbocycles. The van der Waals surface area contributed by atoms with E-state index < -0.39 is 0 Å². The summed E-state index contributed by atoms with van der Waals surface area (Å²) in [6.45, 7) is -0.124. The van der Waals surface area contributed by atoms with Crippen LogP contribution in [-0.2, 0) is 0 Å². The normalized spacial score (nSPS) is 8.33. The zero-order valence-corrected chi connectivity index (χ0v) is 4.38. The van der Waals surface area contributed by atoms with Crippen molar-refractivity contribution < 1.29 is 5.11 Å². The summed E-state index contributed by atoms with van der Waals surface area (Å²) in [5, 5.41) is 15.1. The van der Waals surface area contributed by atoms with Crippen LogP contribution >= 0.6 is 11.8 Å². The summed E-state index contributed by atoms with van der Waals surface area (Å²) in [5.74, 6) is 0. The van der Waals surface area contributed by atoms with E-state index in [0.29, 0.717) is 5.04 Å². The Morgan fingerprint density at radius 3 is 2.50 bits per heavy atom. The van der Waals surface area contributed by atoms with Gasteiger partial charge in [-0.25, -0.2) is 0 Å². The minimum absolute atomic E-state index is 0.124. The van der Waals surface area contributed by atoms with Crippen LogP contribution < -0.4 is 0 Å². The number of hydrogen-bond acceptors (Lipinski definition) is 3. The molecule has 0 amide bonds. The summed E-state index contributed by atoms with van der Waals surface area (Å²) in [6, 6.07) is 0. The standard InChI is InChI=1S/C3H7NOS/c1-6-3(4)2-5/h4-5H,2H2,1H3. The number of thioether (sulfide) groups is 1. The van der Waals surface area contributed by atoms with Gasteiger partial charge in [0.05, 0.1) is 11.7 Å². The molecule has 0 aromatic heterocycles. The summed E-state index contributed by atoms with van der Waals surface area (Å²) in [4.78, 5) is 0. The maximum atomic E-state index is 8.09. The molecule has 3 heteroatoms. The largest absolute Gasteiger partial charge is 0.390 e. The average molecular weight is 105 g/mol. The van der Waals surface area contributed by atoms with Crippen molar-refractivity contribution in [2.24, 2.45) is 0 Å². The molecule has 0 spiro atoms. The monoisotopic (exact) mass is 105 g/mol. The van der Waals surface area contributed by atoms with Crippen molar-refractivity contribution >= 4 is 16.8 Å². The fourth-order valence-electron chi connectivity index (χ4n) is 0.0645. The minimum atomic E-state index is -0.124. The molecule has 0 aliphatic rings. The highest BCUT2D eigenvalue weighted by Gasteiger charge is 1.83. The Kier molecular flexibility index (Phi) is 3.17. The first kappa shape index (κ1) is 5.98. The number of aliphatic hydroxyl groups excluding tert-OH is 1. The quantitative estimate of drug-likeness (QED) is 0.372. The minimum Gasteiger partial charge on any atom is -0.390 e. The summed E-state index contributed by atoms with van der Waals surface area (Å²) in [7, 11) is 0. The van der Waals surface area contributed by atoms with Gasteiger partial charge in [0.2, 0.25) is 0 Å². The third kappa shape index (κ3) is 2.23. The molecule has 0 atom stereocenters. The first-order valence-corrected chi connectivity index (χ1v) is 2.76. The van der Waals surface area contributed by atoms with E-state index in [4.69, 9.17) is 10.5 Å². The lowest BCUT2D eigenvalue weighted by molar-refractivity contribution is 0.359. The highest BCUT2D eigenvalue weighted by atomic mass is 32.2. The first-order valence-electron chi connectivity index (χ1n) is 1.53. The molecule has 0 aliphatic heterocycles. The summed E-state index contributed by atoms with van der Waals surface area (Å²) in [6.07, 6.45) is 1.76. The second-order valence-corrected chi connectivity index (χ2v) is 1.69. The van der Waals surface area contributed by atoms with Crippen molar-refractivity contribution in [3.8, 4) is 0 Å². The van der Waals surface area contributed by atoms with E-state index >= 15 is 0 Å². The third-order valence-electron chi connectivity index (χ3n) is 0.390. The maximum absolute atomic E-state index is 8.09. The lowest BCUT2D eigenvalue weighted by Gasteiger charge is -1.85. The van der Waals surface area contributed by atoms with E-state index in [1.54, 1.807) is 6.26 Å². The molecular weight excluding hydrogens is 98.1 g/mol. The van der Waals surface area contributed by atoms with Crippen molar-refractivity contribution in [3.05, 3.63) is 0 Å². The summed E-state index contributed by atoms with van der Waals surface area (Å²) in [5.41, 5.74) is 0. The van der Waals surface area contributed by atoms with Crippen LogP contribution in [0.2, 0.25) is 0 Å². The Morgan fingerprint density at radius 1 is 2.00 bits per heavy atom. The van der Waals surface area contributed by atoms with Crippen LogP contribution in [0.1, 0.15) is 0 Å². The van der Waals surface area contributed by atoms with Gasteiger partial charge in [-0.15, -0.1) is 11.8 Å². The Morgan fingerprint density at radius 2 is 2.50 bits per heavy atom. The predicted octanol–water partition coefficient (Wildman–Crippen LogP) is 0.319. The van der Waals surface area contributed by atoms with E-state index in [9.17, 15) is 0 Å². The topological polar surface area (TPSA) is 44.1 Å². The number of nitrogens with one attached hydrogen (secondary N) is 1. The van der Waals surface area contributed by atoms with Crippen LogP contribution in [0.25, 0.3) is 0 Å². The lowest BCUT2D eigenvalue weighted by Crippen LogP contribution is -1.93. The van der Waals surface area contributed by atoms with Gasteiger partial charge in [-0.3, -0.25) is 5.41 Å². The van der Waals surface area contributed by atoms with Gasteiger partial charge in [-0.05, 0) is 6.26 Å². The van der Waals surface area contributed by atoms with Crippen LogP contribution in [0, 0.1) is 5.41 Å². The number of hydrogen-bond donors (Lipinski definition) is 2. The SMILES string of the molecule is CSC(=N)CO. The molecule has 0 aromatic carbocycles. The fourth-order valence-corrected chi connectivity index (χ4v) is 0.194. The molecule has 0 bridgehead atoms. The van der Waals surface area contributed by atoms with Crippen molar-refractivity contribution in [2.45, 2.75) is 0 Å². The lowest BCUT2D eigenvalue weighted by atomic mass is 10.8. The predicted molar refractivity (Wildman–Crippen MR) is 28.3 cm³/mol. The zero-order chi connectivity index (χ0) is 4.99. The van der Waals surface area contributed by atoms with Gasteiger partial charge in [-0.2, -0.15) is 0 Å². The van der Waals surface area contributed by atoms with Gasteiger partial charge >= 0.3 is 0 Å². The Bertz CT molecular complexity index is 48.8. The molecule has 0 rings (SSSR count). The smallest absolute Gasteiger partial charge is 0.0907 e. The maximum Gasteiger partial charge on any atom is 0.0907 e. The number of aliphatic hydroxyl groups is 1. The van der Waals surface area contributed by atoms with E-state index in [2.05, 4.69) is 0 Å². The number of rotatable bonds is 1. The van der Waals surface area contributed by atoms with Crippen molar-refractivity contribution in [3.63, 3.8) is 0 Å². The highest BCUT2D eigenvalue weighted by Crippen LogP contribution is 1.90. The molecule has 2 N–H and O–H groups in total. The molecule has 0 heterocycles. The molecule has 2 nitrogen and oxygen atoms in total. The van der Waals surface area contributed by atoms with Crippen molar-refractivity contribution in [2.75, 3.05) is 12.9 Å². The molecule has 0 fully saturated rings. The highest BCUT2D eigenvalue weighted by molar-refractivity contribution is 8.13. The summed E-state index contributed by atoms with van der Waals surface area (Å²) >= 11 is 1.26. The molecule has 6 heavy (non-hydrogen) atoms. The fraction of sp³-hybridized carbons (Fsp3) is 0.667. The molecule has 0 saturated carbocycles. The first-order chi connectivity index (χ1) is 2.81. The second kappa shape index (κ2) is 3.18. The molecule has 0 unspecified atom stereocenters. The van der Waals surface area contributed by atoms with Crippen molar-refractivity contribution in [1.29, 1.82) is 5.41 Å². The molecule has 36 valence electrons. The van der Waals surface area contributed by atoms with Crippen LogP contribution in [0.3, 0.4) is 0 Å². The van der Waals surface area contributed by atoms with E-state index in [1.165, 1.54) is 11.8 Å². The van der Waals surface area contributed by atoms with E-state index in [-0.39, 0.29) is 6.61 Å². The van der Waals surface area contributed by atoms with E-state index in [1.807, 2.05) is 0 Å². The summed E-state index contributed by atoms with van der Waals surface area (Å²) < 4.78 is 0. The third-order valence-corrected chi connectivity index (χ3v) is 1.01. The van der Waals surface area contributed by atoms with Crippen LogP contribution in [0.5, 0.6) is 0 Å². The van der Waals surface area contributed by atoms with Gasteiger partial charge in [0, 0.05) is 0 Å². The Hall–Kier alpha value is -0.0200. The zero-order valence-electron chi connectivity index (χ0n) is 3.56. The molecule has 0 radical (unpaired) electrons. The van der Waals surface area contributed by atoms with Gasteiger partial charge in [0.25, 0.3) is 0 Å². The second-order valence-electron chi connectivity index (χ2n) is 0.785. The van der Waals surface area contributed by atoms with Crippen LogP contribution in [-0.4, -0.2) is 23.0 Å². The Labute approximate surface area is 41.1 Å². The Balaban J connectivity index is 2.99. The van der Waals surface area contributed by atoms with Gasteiger partial charge in [-0.1, -0.05) is 0 Å². The van der Waals surface area contributed by atoms with Crippen LogP contribution in [0.4, 0.5) is 0 Å². The van der Waals surface area contributed by atoms with Gasteiger partial charge in [0.1, 0.15) is 0 Å². The molecule has 0 saturated heterocycles. The van der Waals surface area contributed by atoms with Gasteiger partial charge < -0.3 is 5.11 Å². The molecule has 0 aromatic rings. The molecular formula is C3H7NOS. The van der Waals surface area contributed by atoms with E-state index in [0.717, 1.165) is 0 Å². The average Bonchev–Trinajstić information content (AvgIpc) is 1.65. The van der Waals surface area contributed by atoms with Crippen LogP contribution in [0.15, 0.2) is 0 Å².